The first-order valence-corrected chi connectivity index (χ1v) is 11.5. The second-order valence-electron chi connectivity index (χ2n) is 8.33. The van der Waals surface area contributed by atoms with Crippen LogP contribution in [-0.2, 0) is 14.4 Å². The summed E-state index contributed by atoms with van der Waals surface area (Å²) in [5, 5.41) is 18.5. The van der Waals surface area contributed by atoms with Crippen molar-refractivity contribution < 1.29 is 29.4 Å². The number of pyridine rings is 1. The number of rotatable bonds is 6. The lowest BCUT2D eigenvalue weighted by Crippen LogP contribution is -2.44. The molecule has 2 aliphatic heterocycles. The van der Waals surface area contributed by atoms with Crippen molar-refractivity contribution in [1.29, 1.82) is 0 Å². The fourth-order valence-electron chi connectivity index (χ4n) is 3.87. The number of anilines is 3. The second kappa shape index (κ2) is 12.6. The summed E-state index contributed by atoms with van der Waals surface area (Å²) >= 11 is 0. The number of hydrogen-bond acceptors (Lipinski definition) is 7. The molecule has 1 aromatic carbocycles. The number of carboxylic acid groups (broad SMARTS) is 2. The Morgan fingerprint density at radius 2 is 1.67 bits per heavy atom. The molecule has 1 aromatic heterocycles. The predicted molar refractivity (Wildman–Crippen MR) is 133 cm³/mol. The van der Waals surface area contributed by atoms with Gasteiger partial charge in [-0.05, 0) is 44.3 Å². The van der Waals surface area contributed by atoms with Crippen LogP contribution in [-0.4, -0.2) is 88.5 Å². The molecule has 36 heavy (non-hydrogen) atoms. The van der Waals surface area contributed by atoms with Gasteiger partial charge in [-0.1, -0.05) is 12.1 Å². The largest absolute Gasteiger partial charge is 0.478 e. The molecule has 0 spiro atoms. The number of aromatic nitrogens is 1. The van der Waals surface area contributed by atoms with Crippen molar-refractivity contribution in [3.63, 3.8) is 0 Å². The van der Waals surface area contributed by atoms with E-state index in [4.69, 9.17) is 10.2 Å². The Labute approximate surface area is 208 Å². The third kappa shape index (κ3) is 7.20. The number of fused-ring (bicyclic) bond motifs is 2. The van der Waals surface area contributed by atoms with E-state index in [-0.39, 0.29) is 11.8 Å². The number of para-hydroxylation sites is 1. The van der Waals surface area contributed by atoms with Crippen molar-refractivity contribution >= 4 is 40.9 Å². The van der Waals surface area contributed by atoms with Crippen LogP contribution in [0.5, 0.6) is 0 Å². The summed E-state index contributed by atoms with van der Waals surface area (Å²) < 4.78 is 0. The van der Waals surface area contributed by atoms with Crippen LogP contribution in [0.2, 0.25) is 0 Å². The lowest BCUT2D eigenvalue weighted by atomic mass is 10.1. The van der Waals surface area contributed by atoms with Crippen molar-refractivity contribution in [2.24, 2.45) is 0 Å². The average Bonchev–Trinajstić information content (AvgIpc) is 2.98. The molecule has 0 unspecified atom stereocenters. The monoisotopic (exact) mass is 495 g/mol. The molecule has 190 valence electrons. The SMILES string of the molecule is CN1CCN(CCCC(=O)N2c3ccccc3C(=O)Nc3cccnc32)CC1.O=C(O)C=CC(=O)O. The molecule has 0 aliphatic carbocycles. The van der Waals surface area contributed by atoms with Crippen LogP contribution < -0.4 is 10.2 Å². The number of carboxylic acids is 2. The number of amides is 2. The molecule has 1 fully saturated rings. The zero-order valence-corrected chi connectivity index (χ0v) is 20.0. The summed E-state index contributed by atoms with van der Waals surface area (Å²) in [4.78, 5) is 55.6. The predicted octanol–water partition coefficient (Wildman–Crippen LogP) is 2.05. The highest BCUT2D eigenvalue weighted by molar-refractivity contribution is 6.17. The lowest BCUT2D eigenvalue weighted by Gasteiger charge is -2.32. The number of hydrogen-bond donors (Lipinski definition) is 3. The first-order chi connectivity index (χ1) is 17.3. The minimum Gasteiger partial charge on any atom is -0.478 e. The number of carbonyl (C=O) groups excluding carboxylic acids is 2. The molecule has 11 heteroatoms. The smallest absolute Gasteiger partial charge is 0.328 e. The van der Waals surface area contributed by atoms with E-state index < -0.39 is 11.9 Å². The highest BCUT2D eigenvalue weighted by Gasteiger charge is 2.29. The molecule has 0 bridgehead atoms. The van der Waals surface area contributed by atoms with Gasteiger partial charge in [0.05, 0.1) is 16.9 Å². The number of carbonyl (C=O) groups is 4. The highest BCUT2D eigenvalue weighted by Crippen LogP contribution is 2.36. The zero-order valence-electron chi connectivity index (χ0n) is 20.0. The maximum atomic E-state index is 13.2. The summed E-state index contributed by atoms with van der Waals surface area (Å²) in [7, 11) is 2.14. The molecule has 3 N–H and O–H groups in total. The Hall–Kier alpha value is -4.09. The summed E-state index contributed by atoms with van der Waals surface area (Å²) in [6, 6.07) is 10.7. The standard InChI is InChI=1S/C21H25N5O2.C4H4O4/c1-24-12-14-25(15-13-24)11-5-9-19(27)26-18-8-3-2-6-16(18)21(28)23-17-7-4-10-22-20(17)26;5-3(6)1-2-4(7)8/h2-4,6-8,10H,5,9,11-15H2,1H3,(H,23,28);1-2H,(H,5,6)(H,7,8). The van der Waals surface area contributed by atoms with Crippen molar-refractivity contribution in [3.8, 4) is 0 Å². The molecule has 11 nitrogen and oxygen atoms in total. The topological polar surface area (TPSA) is 143 Å². The molecule has 0 atom stereocenters. The minimum absolute atomic E-state index is 0.0435. The molecular weight excluding hydrogens is 466 g/mol. The average molecular weight is 496 g/mol. The first-order valence-electron chi connectivity index (χ1n) is 11.5. The molecule has 0 radical (unpaired) electrons. The second-order valence-corrected chi connectivity index (χ2v) is 8.33. The van der Waals surface area contributed by atoms with Crippen LogP contribution in [0.4, 0.5) is 17.2 Å². The highest BCUT2D eigenvalue weighted by atomic mass is 16.4. The maximum Gasteiger partial charge on any atom is 0.328 e. The number of nitrogens with one attached hydrogen (secondary N) is 1. The first kappa shape index (κ1) is 26.5. The van der Waals surface area contributed by atoms with Gasteiger partial charge in [0.1, 0.15) is 0 Å². The molecule has 2 aromatic rings. The van der Waals surface area contributed by atoms with Crippen molar-refractivity contribution in [3.05, 3.63) is 60.3 Å². The van der Waals surface area contributed by atoms with Gasteiger partial charge in [-0.3, -0.25) is 14.5 Å². The van der Waals surface area contributed by atoms with Gasteiger partial charge in [0.2, 0.25) is 5.91 Å². The van der Waals surface area contributed by atoms with E-state index in [1.807, 2.05) is 6.07 Å². The molecule has 4 rings (SSSR count). The number of piperazine rings is 1. The van der Waals surface area contributed by atoms with Gasteiger partial charge < -0.3 is 25.3 Å². The Morgan fingerprint density at radius 1 is 1.00 bits per heavy atom. The molecule has 0 saturated carbocycles. The van der Waals surface area contributed by atoms with E-state index in [1.165, 1.54) is 0 Å². The van der Waals surface area contributed by atoms with Crippen molar-refractivity contribution in [2.45, 2.75) is 12.8 Å². The Bertz CT molecular complexity index is 1130. The van der Waals surface area contributed by atoms with Crippen LogP contribution in [0.1, 0.15) is 23.2 Å². The quantitative estimate of drug-likeness (QED) is 0.513. The van der Waals surface area contributed by atoms with Gasteiger partial charge in [-0.2, -0.15) is 0 Å². The summed E-state index contributed by atoms with van der Waals surface area (Å²) in [5.74, 6) is -2.30. The molecule has 2 amide bonds. The van der Waals surface area contributed by atoms with Gasteiger partial charge in [0.15, 0.2) is 5.82 Å². The molecular formula is C25H29N5O6. The van der Waals surface area contributed by atoms with E-state index in [1.54, 1.807) is 41.4 Å². The van der Waals surface area contributed by atoms with Crippen LogP contribution in [0.15, 0.2) is 54.7 Å². The minimum atomic E-state index is -1.26. The molecule has 2 aliphatic rings. The van der Waals surface area contributed by atoms with E-state index in [9.17, 15) is 19.2 Å². The zero-order chi connectivity index (χ0) is 26.1. The van der Waals surface area contributed by atoms with Gasteiger partial charge >= 0.3 is 11.9 Å². The van der Waals surface area contributed by atoms with E-state index in [0.717, 1.165) is 39.1 Å². The van der Waals surface area contributed by atoms with Crippen molar-refractivity contribution in [2.75, 3.05) is 50.0 Å². The van der Waals surface area contributed by atoms with Gasteiger partial charge in [0.25, 0.3) is 5.91 Å². The summed E-state index contributed by atoms with van der Waals surface area (Å²) in [5.41, 5.74) is 1.62. The van der Waals surface area contributed by atoms with Crippen LogP contribution in [0.25, 0.3) is 0 Å². The summed E-state index contributed by atoms with van der Waals surface area (Å²) in [6.45, 7) is 5.12. The fraction of sp³-hybridized carbons (Fsp3) is 0.320. The van der Waals surface area contributed by atoms with E-state index in [2.05, 4.69) is 27.1 Å². The Morgan fingerprint density at radius 3 is 2.33 bits per heavy atom. The van der Waals surface area contributed by atoms with Crippen LogP contribution in [0, 0.1) is 0 Å². The Balaban J connectivity index is 0.000000392. The normalized spacial score (nSPS) is 15.7. The van der Waals surface area contributed by atoms with Crippen LogP contribution >= 0.6 is 0 Å². The maximum absolute atomic E-state index is 13.2. The van der Waals surface area contributed by atoms with E-state index in [0.29, 0.717) is 41.3 Å². The third-order valence-electron chi connectivity index (χ3n) is 5.72. The number of nitrogens with zero attached hydrogens (tertiary/aromatic N) is 4. The Kier molecular flexibility index (Phi) is 9.25. The lowest BCUT2D eigenvalue weighted by molar-refractivity contribution is -0.134. The van der Waals surface area contributed by atoms with Crippen LogP contribution in [0.3, 0.4) is 0 Å². The van der Waals surface area contributed by atoms with E-state index >= 15 is 0 Å². The van der Waals surface area contributed by atoms with Gasteiger partial charge in [-0.25, -0.2) is 14.6 Å². The van der Waals surface area contributed by atoms with Gasteiger partial charge in [-0.15, -0.1) is 0 Å². The number of aliphatic carboxylic acids is 2. The number of likely N-dealkylation sites (N-methyl/N-ethyl adjacent to an activating group) is 1. The van der Waals surface area contributed by atoms with Gasteiger partial charge in [0, 0.05) is 50.9 Å². The van der Waals surface area contributed by atoms with Crippen molar-refractivity contribution in [1.82, 2.24) is 14.8 Å². The summed E-state index contributed by atoms with van der Waals surface area (Å²) in [6.07, 6.45) is 3.95. The molecule has 3 heterocycles. The number of benzene rings is 1. The third-order valence-corrected chi connectivity index (χ3v) is 5.72. The fourth-order valence-corrected chi connectivity index (χ4v) is 3.87. The molecule has 1 saturated heterocycles.